The van der Waals surface area contributed by atoms with Crippen molar-refractivity contribution in [2.75, 3.05) is 10.6 Å². The molecule has 1 saturated heterocycles. The number of carbonyl (C=O) groups excluding carboxylic acids is 1. The van der Waals surface area contributed by atoms with Crippen molar-refractivity contribution in [1.29, 1.82) is 0 Å². The molecule has 2 atom stereocenters. The maximum atomic E-state index is 13.3. The smallest absolute Gasteiger partial charge is 0.367 e. The number of hydrogen-bond donors (Lipinski definition) is 3. The summed E-state index contributed by atoms with van der Waals surface area (Å²) in [6.07, 6.45) is -0.236. The Kier molecular flexibility index (Phi) is 4.90. The summed E-state index contributed by atoms with van der Waals surface area (Å²) in [6.45, 7) is 3.86. The summed E-state index contributed by atoms with van der Waals surface area (Å²) < 4.78 is 40.0. The van der Waals surface area contributed by atoms with E-state index in [1.165, 1.54) is 0 Å². The molecule has 3 heterocycles. The van der Waals surface area contributed by atoms with E-state index in [4.69, 9.17) is 0 Å². The van der Waals surface area contributed by atoms with Crippen LogP contribution in [0.5, 0.6) is 0 Å². The highest BCUT2D eigenvalue weighted by Crippen LogP contribution is 2.53. The molecule has 1 aliphatic carbocycles. The zero-order chi connectivity index (χ0) is 22.6. The topological polar surface area (TPSA) is 82.2 Å². The zero-order valence-electron chi connectivity index (χ0n) is 17.8. The van der Waals surface area contributed by atoms with Crippen molar-refractivity contribution in [3.8, 4) is 0 Å². The summed E-state index contributed by atoms with van der Waals surface area (Å²) in [6, 6.07) is 5.84. The van der Waals surface area contributed by atoms with Gasteiger partial charge in [-0.1, -0.05) is 6.07 Å². The lowest BCUT2D eigenvalue weighted by atomic mass is 9.91. The van der Waals surface area contributed by atoms with Crippen LogP contribution in [0.2, 0.25) is 0 Å². The molecule has 2 aliphatic heterocycles. The fourth-order valence-corrected chi connectivity index (χ4v) is 4.58. The predicted octanol–water partition coefficient (Wildman–Crippen LogP) is 5.12. The molecule has 32 heavy (non-hydrogen) atoms. The first-order valence-electron chi connectivity index (χ1n) is 10.9. The second-order valence-electron chi connectivity index (χ2n) is 8.96. The van der Waals surface area contributed by atoms with Crippen LogP contribution in [0.4, 0.5) is 35.4 Å². The van der Waals surface area contributed by atoms with Gasteiger partial charge in [0.1, 0.15) is 11.4 Å². The Morgan fingerprint density at radius 1 is 1.12 bits per heavy atom. The van der Waals surface area contributed by atoms with Gasteiger partial charge in [0.05, 0.1) is 12.1 Å². The van der Waals surface area contributed by atoms with Crippen molar-refractivity contribution in [1.82, 2.24) is 20.2 Å². The molecule has 5 rings (SSSR count). The zero-order valence-corrected chi connectivity index (χ0v) is 17.8. The molecule has 0 unspecified atom stereocenters. The van der Waals surface area contributed by atoms with Crippen LogP contribution < -0.4 is 16.0 Å². The monoisotopic (exact) mass is 446 g/mol. The molecule has 170 valence electrons. The average molecular weight is 446 g/mol. The summed E-state index contributed by atoms with van der Waals surface area (Å²) in [5, 5.41) is 8.86. The van der Waals surface area contributed by atoms with Gasteiger partial charge >= 0.3 is 12.2 Å². The minimum Gasteiger partial charge on any atom is -0.367 e. The van der Waals surface area contributed by atoms with Crippen molar-refractivity contribution in [3.05, 3.63) is 41.1 Å². The number of carbonyl (C=O) groups is 1. The van der Waals surface area contributed by atoms with E-state index >= 15 is 0 Å². The molecule has 10 heteroatoms. The van der Waals surface area contributed by atoms with Crippen molar-refractivity contribution < 1.29 is 18.0 Å². The molecule has 7 nitrogen and oxygen atoms in total. The van der Waals surface area contributed by atoms with Gasteiger partial charge in [-0.2, -0.15) is 18.2 Å². The maximum Gasteiger partial charge on any atom is 0.421 e. The standard InChI is InChI=1S/C22H25F3N6O/c1-11(2)27-21(32)31-17-7-8-18(31)15-9-13(5-6-14(15)17)29-20-26-10-16(22(23,24)25)19(30-20)28-12-3-4-12/h5-6,9-12,17-18H,3-4,7-8H2,1-2H3,(H,27,32)(H2,26,28,29,30)/t17-,18+/m1/s1. The summed E-state index contributed by atoms with van der Waals surface area (Å²) in [5.41, 5.74) is 1.99. The van der Waals surface area contributed by atoms with Crippen LogP contribution >= 0.6 is 0 Å². The number of hydrogen-bond acceptors (Lipinski definition) is 5. The average Bonchev–Trinajstić information content (AvgIpc) is 3.33. The lowest BCUT2D eigenvalue weighted by Crippen LogP contribution is -2.41. The molecule has 2 aromatic rings. The number of alkyl halides is 3. The number of anilines is 3. The molecule has 1 saturated carbocycles. The van der Waals surface area contributed by atoms with Gasteiger partial charge in [0.25, 0.3) is 0 Å². The fourth-order valence-electron chi connectivity index (χ4n) is 4.58. The van der Waals surface area contributed by atoms with Gasteiger partial charge in [-0.05, 0) is 62.8 Å². The van der Waals surface area contributed by atoms with E-state index in [1.54, 1.807) is 0 Å². The lowest BCUT2D eigenvalue weighted by Gasteiger charge is -2.24. The Morgan fingerprint density at radius 2 is 1.84 bits per heavy atom. The Hall–Kier alpha value is -3.04. The Labute approximate surface area is 183 Å². The highest BCUT2D eigenvalue weighted by Gasteiger charge is 2.46. The second kappa shape index (κ2) is 7.53. The van der Waals surface area contributed by atoms with Crippen LogP contribution in [0, 0.1) is 0 Å². The molecule has 0 radical (unpaired) electrons. The Bertz CT molecular complexity index is 1050. The third kappa shape index (κ3) is 3.82. The van der Waals surface area contributed by atoms with E-state index < -0.39 is 11.7 Å². The molecule has 3 N–H and O–H groups in total. The van der Waals surface area contributed by atoms with E-state index in [9.17, 15) is 18.0 Å². The summed E-state index contributed by atoms with van der Waals surface area (Å²) in [5.74, 6) is -0.104. The van der Waals surface area contributed by atoms with Gasteiger partial charge in [0.15, 0.2) is 0 Å². The molecular weight excluding hydrogens is 421 g/mol. The van der Waals surface area contributed by atoms with Crippen LogP contribution in [0.15, 0.2) is 24.4 Å². The number of urea groups is 1. The first kappa shape index (κ1) is 20.8. The van der Waals surface area contributed by atoms with Crippen molar-refractivity contribution in [3.63, 3.8) is 0 Å². The van der Waals surface area contributed by atoms with Crippen molar-refractivity contribution in [2.45, 2.75) is 69.9 Å². The number of benzene rings is 1. The van der Waals surface area contributed by atoms with E-state index in [-0.39, 0.29) is 42.0 Å². The largest absolute Gasteiger partial charge is 0.421 e. The van der Waals surface area contributed by atoms with Gasteiger partial charge < -0.3 is 20.9 Å². The van der Waals surface area contributed by atoms with Crippen molar-refractivity contribution in [2.24, 2.45) is 0 Å². The molecule has 1 aromatic carbocycles. The fraction of sp³-hybridized carbons (Fsp3) is 0.500. The number of aromatic nitrogens is 2. The normalized spacial score (nSPS) is 21.6. The molecule has 2 amide bonds. The Morgan fingerprint density at radius 3 is 2.50 bits per heavy atom. The van der Waals surface area contributed by atoms with Crippen LogP contribution in [0.3, 0.4) is 0 Å². The number of amides is 2. The van der Waals surface area contributed by atoms with E-state index in [1.807, 2.05) is 36.9 Å². The number of halogens is 3. The number of rotatable bonds is 5. The predicted molar refractivity (Wildman–Crippen MR) is 114 cm³/mol. The van der Waals surface area contributed by atoms with E-state index in [0.29, 0.717) is 5.69 Å². The minimum atomic E-state index is -4.53. The second-order valence-corrected chi connectivity index (χ2v) is 8.96. The third-order valence-electron chi connectivity index (χ3n) is 6.11. The number of nitrogens with one attached hydrogen (secondary N) is 3. The van der Waals surface area contributed by atoms with E-state index in [2.05, 4.69) is 25.9 Å². The number of fused-ring (bicyclic) bond motifs is 5. The molecule has 2 fully saturated rings. The highest BCUT2D eigenvalue weighted by molar-refractivity contribution is 5.78. The van der Waals surface area contributed by atoms with Gasteiger partial charge in [0.2, 0.25) is 5.95 Å². The van der Waals surface area contributed by atoms with Crippen LogP contribution in [-0.4, -0.2) is 33.0 Å². The van der Waals surface area contributed by atoms with Gasteiger partial charge in [-0.3, -0.25) is 0 Å². The SMILES string of the molecule is CC(C)NC(=O)N1[C@@H]2CC[C@H]1c1cc(Nc3ncc(C(F)(F)F)c(NC4CC4)n3)ccc12. The van der Waals surface area contributed by atoms with Gasteiger partial charge in [-0.15, -0.1) is 0 Å². The van der Waals surface area contributed by atoms with Crippen LogP contribution in [-0.2, 0) is 6.18 Å². The summed E-state index contributed by atoms with van der Waals surface area (Å²) in [7, 11) is 0. The van der Waals surface area contributed by atoms with E-state index in [0.717, 1.165) is 43.0 Å². The molecule has 0 spiro atoms. The first-order chi connectivity index (χ1) is 15.2. The number of nitrogens with zero attached hydrogens (tertiary/aromatic N) is 3. The quantitative estimate of drug-likeness (QED) is 0.594. The van der Waals surface area contributed by atoms with Crippen LogP contribution in [0.25, 0.3) is 0 Å². The molecule has 3 aliphatic rings. The maximum absolute atomic E-state index is 13.3. The lowest BCUT2D eigenvalue weighted by molar-refractivity contribution is -0.137. The van der Waals surface area contributed by atoms with Gasteiger partial charge in [0, 0.05) is 24.0 Å². The van der Waals surface area contributed by atoms with Crippen LogP contribution in [0.1, 0.15) is 68.3 Å². The molecule has 2 bridgehead atoms. The summed E-state index contributed by atoms with van der Waals surface area (Å²) in [4.78, 5) is 22.6. The van der Waals surface area contributed by atoms with Gasteiger partial charge in [-0.25, -0.2) is 9.78 Å². The minimum absolute atomic E-state index is 0.00359. The first-order valence-corrected chi connectivity index (χ1v) is 10.9. The molecule has 1 aromatic heterocycles. The summed E-state index contributed by atoms with van der Waals surface area (Å²) >= 11 is 0. The molecular formula is C22H25F3N6O. The highest BCUT2D eigenvalue weighted by atomic mass is 19.4. The van der Waals surface area contributed by atoms with Crippen molar-refractivity contribution >= 4 is 23.5 Å². The third-order valence-corrected chi connectivity index (χ3v) is 6.11. The Balaban J connectivity index is 1.38.